The van der Waals surface area contributed by atoms with Crippen molar-refractivity contribution in [2.24, 2.45) is 35.0 Å². The Morgan fingerprint density at radius 3 is 1.74 bits per heavy atom. The molecule has 0 spiro atoms. The molecule has 1 aliphatic heterocycles. The van der Waals surface area contributed by atoms with E-state index in [2.05, 4.69) is 42.5 Å². The van der Waals surface area contributed by atoms with E-state index in [4.69, 9.17) is 22.3 Å². The number of phenolic OH excluding ortho intramolecular Hbond substituents is 1. The summed E-state index contributed by atoms with van der Waals surface area (Å²) in [5, 5.41) is 48.4. The van der Waals surface area contributed by atoms with Crippen LogP contribution in [0.1, 0.15) is 85.6 Å². The second kappa shape index (κ2) is 29.8. The largest absolute Gasteiger partial charge is 0.508 e. The minimum Gasteiger partial charge on any atom is -0.508 e. The van der Waals surface area contributed by atoms with E-state index in [9.17, 15) is 67.7 Å². The number of hydrogen-bond donors (Lipinski definition) is 14. The number of carbonyl (C=O) groups excluding carboxylic acids is 11. The molecular formula is C46H72N12O15. The molecule has 1 fully saturated rings. The number of carboxylic acid groups (broad SMARTS) is 1. The summed E-state index contributed by atoms with van der Waals surface area (Å²) in [6.07, 6.45) is -1.36. The summed E-state index contributed by atoms with van der Waals surface area (Å²) in [4.78, 5) is 158. The van der Waals surface area contributed by atoms with E-state index in [0.717, 1.165) is 0 Å². The maximum Gasteiger partial charge on any atom is 0.322 e. The summed E-state index contributed by atoms with van der Waals surface area (Å²) in [6.45, 7) is 7.71. The number of rotatable bonds is 30. The normalized spacial score (nSPS) is 16.5. The molecule has 0 saturated carbocycles. The lowest BCUT2D eigenvalue weighted by Gasteiger charge is -2.32. The summed E-state index contributed by atoms with van der Waals surface area (Å²) >= 11 is 0. The van der Waals surface area contributed by atoms with Crippen LogP contribution in [0.25, 0.3) is 0 Å². The van der Waals surface area contributed by atoms with Crippen LogP contribution in [-0.4, -0.2) is 166 Å². The quantitative estimate of drug-likeness (QED) is 0.0343. The second-order valence-corrected chi connectivity index (χ2v) is 18.4. The van der Waals surface area contributed by atoms with Crippen LogP contribution in [0.4, 0.5) is 0 Å². The molecule has 17 N–H and O–H groups in total. The number of nitrogens with two attached hydrogens (primary N) is 3. The zero-order chi connectivity index (χ0) is 55.3. The molecule has 1 aromatic carbocycles. The molecular weight excluding hydrogens is 961 g/mol. The Labute approximate surface area is 422 Å². The van der Waals surface area contributed by atoms with E-state index in [-0.39, 0.29) is 25.1 Å². The number of carbonyl (C=O) groups is 12. The number of aliphatic hydroxyl groups excluding tert-OH is 1. The fourth-order valence-corrected chi connectivity index (χ4v) is 7.58. The fraction of sp³-hybridized carbons (Fsp3) is 0.609. The van der Waals surface area contributed by atoms with Gasteiger partial charge in [-0.1, -0.05) is 60.1 Å². The van der Waals surface area contributed by atoms with Gasteiger partial charge in [-0.2, -0.15) is 0 Å². The van der Waals surface area contributed by atoms with Gasteiger partial charge in [-0.05, 0) is 54.7 Å². The maximum absolute atomic E-state index is 14.6. The van der Waals surface area contributed by atoms with Gasteiger partial charge in [0.1, 0.15) is 60.6 Å². The minimum atomic E-state index is -1.85. The maximum atomic E-state index is 14.6. The lowest BCUT2D eigenvalue weighted by atomic mass is 9.96. The Kier molecular flexibility index (Phi) is 25.2. The van der Waals surface area contributed by atoms with E-state index in [1.54, 1.807) is 41.5 Å². The van der Waals surface area contributed by atoms with Gasteiger partial charge in [0, 0.05) is 19.4 Å². The van der Waals surface area contributed by atoms with E-state index < -0.39 is 176 Å². The number of carboxylic acids is 1. The molecule has 27 heteroatoms. The van der Waals surface area contributed by atoms with Crippen molar-refractivity contribution in [3.63, 3.8) is 0 Å². The Balaban J connectivity index is 2.46. The highest BCUT2D eigenvalue weighted by Gasteiger charge is 2.41. The topological polar surface area (TPSA) is 443 Å². The predicted molar refractivity (Wildman–Crippen MR) is 258 cm³/mol. The van der Waals surface area contributed by atoms with Crippen LogP contribution in [-0.2, 0) is 64.0 Å². The highest BCUT2D eigenvalue weighted by molar-refractivity contribution is 5.99. The van der Waals surface area contributed by atoms with Gasteiger partial charge >= 0.3 is 5.97 Å². The first-order valence-corrected chi connectivity index (χ1v) is 23.8. The summed E-state index contributed by atoms with van der Waals surface area (Å²) in [5.74, 6) is -13.1. The first-order chi connectivity index (χ1) is 34.2. The van der Waals surface area contributed by atoms with Gasteiger partial charge in [0.05, 0.1) is 19.6 Å². The lowest BCUT2D eigenvalue weighted by molar-refractivity contribution is -0.143. The first kappa shape index (κ1) is 61.7. The first-order valence-electron chi connectivity index (χ1n) is 23.8. The summed E-state index contributed by atoms with van der Waals surface area (Å²) in [6, 6.07) is -6.09. The minimum absolute atomic E-state index is 0.00330. The zero-order valence-electron chi connectivity index (χ0n) is 41.9. The lowest BCUT2D eigenvalue weighted by Crippen LogP contribution is -2.61. The summed E-state index contributed by atoms with van der Waals surface area (Å²) in [5.41, 5.74) is 16.6. The number of nitrogens with one attached hydrogen (secondary N) is 8. The monoisotopic (exact) mass is 1030 g/mol. The predicted octanol–water partition coefficient (Wildman–Crippen LogP) is -5.03. The molecule has 27 nitrogen and oxygen atoms in total. The van der Waals surface area contributed by atoms with Crippen LogP contribution >= 0.6 is 0 Å². The highest BCUT2D eigenvalue weighted by atomic mass is 16.4. The number of aromatic hydroxyl groups is 1. The van der Waals surface area contributed by atoms with Crippen molar-refractivity contribution in [3.8, 4) is 5.75 Å². The standard InChI is InChI=1S/C46H72N12O15/c1-7-24(6)38(45(72)56-36(22(2)3)43(70)50-20-35(64)65)57-42(69)31-9-8-16-58(31)46(73)29(17-25-10-12-26(60)13-11-25)53-40(67)28(18-33(49)62)52-39(66)27(14-15-32(48)61)51-41(68)30(21-59)54-44(71)37(23(4)5)55-34(63)19-47/h10-13,22-24,27-31,36-38,59-60H,7-9,14-21,47H2,1-6H3,(H2,48,61)(H2,49,62)(H,50,70)(H,51,68)(H,52,66)(H,53,67)(H,54,71)(H,55,63)(H,56,72)(H,57,69)(H,64,65)/t24-,27-,28-,29-,30-,31-,36-,37-,38-/m0/s1. The average Bonchev–Trinajstić information content (AvgIpc) is 3.83. The second-order valence-electron chi connectivity index (χ2n) is 18.4. The van der Waals surface area contributed by atoms with Crippen molar-refractivity contribution in [2.75, 3.05) is 26.2 Å². The van der Waals surface area contributed by atoms with Gasteiger partial charge in [-0.15, -0.1) is 0 Å². The van der Waals surface area contributed by atoms with E-state index in [1.165, 1.54) is 29.2 Å². The number of aliphatic carboxylic acids is 1. The smallest absolute Gasteiger partial charge is 0.322 e. The van der Waals surface area contributed by atoms with Crippen LogP contribution in [0.15, 0.2) is 24.3 Å². The number of hydrogen-bond acceptors (Lipinski definition) is 15. The Bertz CT molecular complexity index is 2160. The van der Waals surface area contributed by atoms with Gasteiger partial charge in [0.25, 0.3) is 0 Å². The van der Waals surface area contributed by atoms with E-state index in [1.807, 2.05) is 0 Å². The third-order valence-corrected chi connectivity index (χ3v) is 11.9. The molecule has 11 amide bonds. The Hall–Kier alpha value is -7.42. The third-order valence-electron chi connectivity index (χ3n) is 11.9. The number of amides is 11. The van der Waals surface area contributed by atoms with E-state index in [0.29, 0.717) is 18.4 Å². The number of aliphatic hydroxyl groups is 1. The van der Waals surface area contributed by atoms with Crippen molar-refractivity contribution in [2.45, 2.75) is 135 Å². The number of nitrogens with zero attached hydrogens (tertiary/aromatic N) is 1. The summed E-state index contributed by atoms with van der Waals surface area (Å²) < 4.78 is 0. The van der Waals surface area contributed by atoms with Crippen LogP contribution in [0.2, 0.25) is 0 Å². The molecule has 0 radical (unpaired) electrons. The van der Waals surface area contributed by atoms with Gasteiger partial charge in [0.2, 0.25) is 65.0 Å². The SMILES string of the molecule is CC[C@H](C)[C@H](NC(=O)[C@@H]1CCCN1C(=O)[C@H](Cc1ccc(O)cc1)NC(=O)[C@H](CC(N)=O)NC(=O)[C@H](CCC(N)=O)NC(=O)[C@H](CO)NC(=O)[C@@H](NC(=O)CN)C(C)C)C(=O)N[C@H](C(=O)NCC(=O)O)C(C)C. The van der Waals surface area contributed by atoms with Crippen molar-refractivity contribution in [1.29, 1.82) is 0 Å². The molecule has 0 unspecified atom stereocenters. The highest BCUT2D eigenvalue weighted by Crippen LogP contribution is 2.22. The van der Waals surface area contributed by atoms with Crippen molar-refractivity contribution >= 4 is 70.9 Å². The molecule has 1 aliphatic rings. The average molecular weight is 1030 g/mol. The van der Waals surface area contributed by atoms with Crippen LogP contribution in [0.5, 0.6) is 5.75 Å². The molecule has 1 aromatic rings. The number of primary amides is 2. The summed E-state index contributed by atoms with van der Waals surface area (Å²) in [7, 11) is 0. The molecule has 0 bridgehead atoms. The van der Waals surface area contributed by atoms with Gasteiger partial charge < -0.3 is 80.0 Å². The number of phenols is 1. The Morgan fingerprint density at radius 1 is 0.671 bits per heavy atom. The number of likely N-dealkylation sites (tertiary alicyclic amines) is 1. The van der Waals surface area contributed by atoms with Gasteiger partial charge in [0.15, 0.2) is 0 Å². The van der Waals surface area contributed by atoms with Crippen LogP contribution in [0.3, 0.4) is 0 Å². The molecule has 9 atom stereocenters. The van der Waals surface area contributed by atoms with E-state index >= 15 is 0 Å². The third kappa shape index (κ3) is 20.0. The molecule has 1 heterocycles. The molecule has 0 aliphatic carbocycles. The van der Waals surface area contributed by atoms with Crippen LogP contribution < -0.4 is 59.7 Å². The molecule has 406 valence electrons. The number of benzene rings is 1. The Morgan fingerprint density at radius 2 is 1.21 bits per heavy atom. The molecule has 73 heavy (non-hydrogen) atoms. The van der Waals surface area contributed by atoms with Gasteiger partial charge in [-0.3, -0.25) is 57.5 Å². The van der Waals surface area contributed by atoms with Crippen LogP contribution in [0, 0.1) is 17.8 Å². The van der Waals surface area contributed by atoms with Crippen molar-refractivity contribution in [3.05, 3.63) is 29.8 Å². The van der Waals surface area contributed by atoms with Crippen molar-refractivity contribution in [1.82, 2.24) is 47.4 Å². The van der Waals surface area contributed by atoms with Gasteiger partial charge in [-0.25, -0.2) is 0 Å². The molecule has 0 aromatic heterocycles. The fourth-order valence-electron chi connectivity index (χ4n) is 7.58. The molecule has 2 rings (SSSR count). The van der Waals surface area contributed by atoms with Crippen molar-refractivity contribution < 1.29 is 72.9 Å². The zero-order valence-corrected chi connectivity index (χ0v) is 41.9. The molecule has 1 saturated heterocycles.